The van der Waals surface area contributed by atoms with E-state index in [-0.39, 0.29) is 12.5 Å². The van der Waals surface area contributed by atoms with Crippen LogP contribution in [0.25, 0.3) is 0 Å². The van der Waals surface area contributed by atoms with Crippen molar-refractivity contribution in [1.29, 1.82) is 0 Å². The fourth-order valence-electron chi connectivity index (χ4n) is 2.03. The fraction of sp³-hybridized carbons (Fsp3) is 0.222. The average molecular weight is 408 g/mol. The van der Waals surface area contributed by atoms with Gasteiger partial charge in [0.15, 0.2) is 6.61 Å². The lowest BCUT2D eigenvalue weighted by molar-refractivity contribution is -0.119. The van der Waals surface area contributed by atoms with Gasteiger partial charge in [0, 0.05) is 9.37 Å². The minimum absolute atomic E-state index is 0.329. The van der Waals surface area contributed by atoms with E-state index in [4.69, 9.17) is 4.74 Å². The van der Waals surface area contributed by atoms with E-state index < -0.39 is 5.97 Å². The molecule has 0 radical (unpaired) electrons. The number of hydrogen-bond acceptors (Lipinski definition) is 4. The summed E-state index contributed by atoms with van der Waals surface area (Å²) in [7, 11) is 0. The van der Waals surface area contributed by atoms with Crippen molar-refractivity contribution in [2.75, 3.05) is 17.7 Å². The van der Waals surface area contributed by atoms with Gasteiger partial charge < -0.3 is 10.1 Å². The van der Waals surface area contributed by atoms with Crippen molar-refractivity contribution in [3.63, 3.8) is 0 Å². The summed E-state index contributed by atoms with van der Waals surface area (Å²) in [5.41, 5.74) is 2.20. The maximum absolute atomic E-state index is 12.2. The first-order chi connectivity index (χ1) is 11.5. The van der Waals surface area contributed by atoms with Crippen molar-refractivity contribution in [3.8, 4) is 0 Å². The lowest BCUT2D eigenvalue weighted by Crippen LogP contribution is -2.21. The van der Waals surface area contributed by atoms with Gasteiger partial charge in [-0.05, 0) is 58.4 Å². The molecule has 1 amide bonds. The van der Waals surface area contributed by atoms with Gasteiger partial charge in [-0.2, -0.15) is 0 Å². The Morgan fingerprint density at radius 2 is 1.96 bits per heavy atom. The third-order valence-electron chi connectivity index (χ3n) is 3.14. The quantitative estimate of drug-likeness (QED) is 0.558. The van der Waals surface area contributed by atoms with Gasteiger partial charge in [-0.15, -0.1) is 11.8 Å². The maximum Gasteiger partial charge on any atom is 0.339 e. The molecule has 0 fully saturated rings. The number of carbonyl (C=O) groups is 2. The van der Waals surface area contributed by atoms with Gasteiger partial charge in [-0.3, -0.25) is 4.79 Å². The number of thioether (sulfide) groups is 1. The monoisotopic (exact) mass is 407 g/mol. The Bertz CT molecular complexity index is 749. The van der Waals surface area contributed by atoms with Crippen molar-refractivity contribution >= 4 is 45.3 Å². The number of ether oxygens (including phenoxy) is 1. The molecule has 0 aliphatic carbocycles. The van der Waals surface area contributed by atoms with Crippen LogP contribution < -0.4 is 5.32 Å². The van der Waals surface area contributed by atoms with E-state index >= 15 is 0 Å². The Balaban J connectivity index is 1.95. The minimum atomic E-state index is -0.496. The van der Waals surface area contributed by atoms with Crippen LogP contribution >= 0.6 is 27.7 Å². The molecule has 0 spiro atoms. The first-order valence-electron chi connectivity index (χ1n) is 7.46. The average Bonchev–Trinajstić information content (AvgIpc) is 2.56. The summed E-state index contributed by atoms with van der Waals surface area (Å²) in [5, 5.41) is 2.72. The van der Waals surface area contributed by atoms with Crippen LogP contribution in [0.2, 0.25) is 0 Å². The molecule has 0 aliphatic heterocycles. The van der Waals surface area contributed by atoms with E-state index in [0.717, 1.165) is 20.7 Å². The van der Waals surface area contributed by atoms with Crippen molar-refractivity contribution < 1.29 is 14.3 Å². The molecular formula is C18H18BrNO3S. The standard InChI is InChI=1S/C18H18BrNO3S/c1-3-24-16-7-5-4-6-13(16)18(22)23-11-17(21)20-15-9-8-12(2)10-14(15)19/h4-10H,3,11H2,1-2H3,(H,20,21). The highest BCUT2D eigenvalue weighted by Gasteiger charge is 2.14. The van der Waals surface area contributed by atoms with Crippen LogP contribution in [0.1, 0.15) is 22.8 Å². The Labute approximate surface area is 154 Å². The number of aryl methyl sites for hydroxylation is 1. The number of esters is 1. The molecule has 4 nitrogen and oxygen atoms in total. The molecule has 0 saturated heterocycles. The predicted molar refractivity (Wildman–Crippen MR) is 101 cm³/mol. The van der Waals surface area contributed by atoms with Gasteiger partial charge in [-0.1, -0.05) is 25.1 Å². The molecule has 0 aliphatic rings. The lowest BCUT2D eigenvalue weighted by atomic mass is 10.2. The van der Waals surface area contributed by atoms with E-state index in [1.54, 1.807) is 30.0 Å². The van der Waals surface area contributed by atoms with Gasteiger partial charge in [-0.25, -0.2) is 4.79 Å². The van der Waals surface area contributed by atoms with Crippen molar-refractivity contribution in [2.45, 2.75) is 18.7 Å². The summed E-state index contributed by atoms with van der Waals surface area (Å²) in [4.78, 5) is 25.0. The molecule has 24 heavy (non-hydrogen) atoms. The second kappa shape index (κ2) is 8.89. The van der Waals surface area contributed by atoms with Crippen LogP contribution in [0.5, 0.6) is 0 Å². The van der Waals surface area contributed by atoms with Gasteiger partial charge >= 0.3 is 5.97 Å². The summed E-state index contributed by atoms with van der Waals surface area (Å²) in [6, 6.07) is 12.8. The SMILES string of the molecule is CCSc1ccccc1C(=O)OCC(=O)Nc1ccc(C)cc1Br. The molecular weight excluding hydrogens is 390 g/mol. The molecule has 126 valence electrons. The molecule has 2 aromatic rings. The van der Waals surface area contributed by atoms with Crippen LogP contribution in [0.15, 0.2) is 51.8 Å². The molecule has 0 atom stereocenters. The smallest absolute Gasteiger partial charge is 0.339 e. The summed E-state index contributed by atoms with van der Waals surface area (Å²) in [5.74, 6) is -0.0233. The third kappa shape index (κ3) is 5.11. The first kappa shape index (κ1) is 18.5. The highest BCUT2D eigenvalue weighted by molar-refractivity contribution is 9.10. The molecule has 1 N–H and O–H groups in total. The molecule has 0 unspecified atom stereocenters. The summed E-state index contributed by atoms with van der Waals surface area (Å²) in [6.45, 7) is 3.65. The lowest BCUT2D eigenvalue weighted by Gasteiger charge is -2.10. The second-order valence-electron chi connectivity index (χ2n) is 5.04. The van der Waals surface area contributed by atoms with E-state index in [1.807, 2.05) is 38.1 Å². The number of hydrogen-bond donors (Lipinski definition) is 1. The van der Waals surface area contributed by atoms with Crippen LogP contribution in [0.3, 0.4) is 0 Å². The summed E-state index contributed by atoms with van der Waals surface area (Å²) >= 11 is 4.96. The van der Waals surface area contributed by atoms with Crippen LogP contribution in [0.4, 0.5) is 5.69 Å². The maximum atomic E-state index is 12.2. The largest absolute Gasteiger partial charge is 0.452 e. The second-order valence-corrected chi connectivity index (χ2v) is 7.20. The summed E-state index contributed by atoms with van der Waals surface area (Å²) in [6.07, 6.45) is 0. The van der Waals surface area contributed by atoms with Gasteiger partial charge in [0.1, 0.15) is 0 Å². The Morgan fingerprint density at radius 3 is 2.67 bits per heavy atom. The van der Waals surface area contributed by atoms with E-state index in [0.29, 0.717) is 11.3 Å². The number of benzene rings is 2. The van der Waals surface area contributed by atoms with Crippen LogP contribution in [0, 0.1) is 6.92 Å². The van der Waals surface area contributed by atoms with Crippen molar-refractivity contribution in [2.24, 2.45) is 0 Å². The van der Waals surface area contributed by atoms with Gasteiger partial charge in [0.25, 0.3) is 5.91 Å². The minimum Gasteiger partial charge on any atom is -0.452 e. The fourth-order valence-corrected chi connectivity index (χ4v) is 3.42. The Kier molecular flexibility index (Phi) is 6.87. The zero-order valence-electron chi connectivity index (χ0n) is 13.5. The van der Waals surface area contributed by atoms with Crippen LogP contribution in [-0.2, 0) is 9.53 Å². The molecule has 0 bridgehead atoms. The zero-order valence-corrected chi connectivity index (χ0v) is 15.9. The predicted octanol–water partition coefficient (Wildman–Crippen LogP) is 4.67. The Hall–Kier alpha value is -1.79. The van der Waals surface area contributed by atoms with E-state index in [2.05, 4.69) is 21.2 Å². The number of nitrogens with one attached hydrogen (secondary N) is 1. The molecule has 0 saturated carbocycles. The number of carbonyl (C=O) groups excluding carboxylic acids is 2. The number of anilines is 1. The highest BCUT2D eigenvalue weighted by Crippen LogP contribution is 2.24. The molecule has 6 heteroatoms. The molecule has 2 rings (SSSR count). The third-order valence-corrected chi connectivity index (χ3v) is 4.75. The number of amides is 1. The summed E-state index contributed by atoms with van der Waals surface area (Å²) < 4.78 is 5.92. The molecule has 0 aromatic heterocycles. The zero-order chi connectivity index (χ0) is 17.5. The van der Waals surface area contributed by atoms with E-state index in [1.165, 1.54) is 0 Å². The van der Waals surface area contributed by atoms with Crippen molar-refractivity contribution in [3.05, 3.63) is 58.1 Å². The first-order valence-corrected chi connectivity index (χ1v) is 9.24. The van der Waals surface area contributed by atoms with E-state index in [9.17, 15) is 9.59 Å². The van der Waals surface area contributed by atoms with Crippen LogP contribution in [-0.4, -0.2) is 24.2 Å². The number of halogens is 1. The molecule has 0 heterocycles. The molecule has 2 aromatic carbocycles. The topological polar surface area (TPSA) is 55.4 Å². The highest BCUT2D eigenvalue weighted by atomic mass is 79.9. The van der Waals surface area contributed by atoms with Crippen molar-refractivity contribution in [1.82, 2.24) is 0 Å². The number of rotatable bonds is 6. The van der Waals surface area contributed by atoms with Gasteiger partial charge in [0.05, 0.1) is 11.3 Å². The normalized spacial score (nSPS) is 10.3. The van der Waals surface area contributed by atoms with Gasteiger partial charge in [0.2, 0.25) is 0 Å². The Morgan fingerprint density at radius 1 is 1.21 bits per heavy atom.